The molecule has 0 amide bonds. The van der Waals surface area contributed by atoms with Crippen LogP contribution in [0.25, 0.3) is 0 Å². The molecule has 1 aromatic rings. The third-order valence-electron chi connectivity index (χ3n) is 3.39. The van der Waals surface area contributed by atoms with Gasteiger partial charge in [0, 0.05) is 23.3 Å². The maximum Gasteiger partial charge on any atom is 0.0836 e. The Morgan fingerprint density at radius 3 is 2.82 bits per heavy atom. The molecule has 1 heterocycles. The van der Waals surface area contributed by atoms with Crippen molar-refractivity contribution in [2.45, 2.75) is 19.4 Å². The van der Waals surface area contributed by atoms with E-state index in [-0.39, 0.29) is 5.92 Å². The lowest BCUT2D eigenvalue weighted by atomic mass is 9.82. The Hall–Kier alpha value is -0.280. The van der Waals surface area contributed by atoms with Gasteiger partial charge in [0.2, 0.25) is 0 Å². The highest BCUT2D eigenvalue weighted by atomic mass is 35.5. The summed E-state index contributed by atoms with van der Waals surface area (Å²) in [4.78, 5) is 0. The lowest BCUT2D eigenvalue weighted by Crippen LogP contribution is -2.30. The zero-order valence-corrected chi connectivity index (χ0v) is 11.2. The van der Waals surface area contributed by atoms with Gasteiger partial charge in [0.1, 0.15) is 0 Å². The van der Waals surface area contributed by atoms with E-state index in [0.717, 1.165) is 12.0 Å². The predicted molar refractivity (Wildman–Crippen MR) is 69.5 cm³/mol. The van der Waals surface area contributed by atoms with Crippen LogP contribution in [0.15, 0.2) is 18.2 Å². The molecule has 2 nitrogen and oxygen atoms in total. The summed E-state index contributed by atoms with van der Waals surface area (Å²) >= 11 is 12.0. The molecule has 1 fully saturated rings. The van der Waals surface area contributed by atoms with Gasteiger partial charge in [0.05, 0.1) is 6.10 Å². The van der Waals surface area contributed by atoms with Crippen LogP contribution in [-0.4, -0.2) is 18.3 Å². The summed E-state index contributed by atoms with van der Waals surface area (Å²) in [6, 6.07) is 5.24. The molecule has 4 heteroatoms. The molecule has 3 atom stereocenters. The van der Waals surface area contributed by atoms with E-state index >= 15 is 0 Å². The van der Waals surface area contributed by atoms with E-state index in [1.807, 2.05) is 0 Å². The first-order valence-electron chi connectivity index (χ1n) is 5.80. The van der Waals surface area contributed by atoms with Gasteiger partial charge in [-0.1, -0.05) is 36.2 Å². The number of halogens is 2. The molecule has 17 heavy (non-hydrogen) atoms. The van der Waals surface area contributed by atoms with Gasteiger partial charge in [-0.2, -0.15) is 0 Å². The van der Waals surface area contributed by atoms with Gasteiger partial charge in [0.15, 0.2) is 0 Å². The fraction of sp³-hybridized carbons (Fsp3) is 0.538. The molecule has 1 aliphatic rings. The van der Waals surface area contributed by atoms with Crippen LogP contribution < -0.4 is 0 Å². The Labute approximate surface area is 111 Å². The number of hydrogen-bond acceptors (Lipinski definition) is 2. The van der Waals surface area contributed by atoms with Gasteiger partial charge < -0.3 is 9.84 Å². The Balaban J connectivity index is 2.20. The highest BCUT2D eigenvalue weighted by Crippen LogP contribution is 2.37. The number of aliphatic hydroxyl groups is 1. The Morgan fingerprint density at radius 2 is 2.18 bits per heavy atom. The summed E-state index contributed by atoms with van der Waals surface area (Å²) in [6.07, 6.45) is 0.319. The van der Waals surface area contributed by atoms with Crippen LogP contribution >= 0.6 is 23.2 Å². The normalized spacial score (nSPS) is 26.8. The number of hydrogen-bond donors (Lipinski definition) is 1. The first kappa shape index (κ1) is 13.2. The molecule has 1 aliphatic heterocycles. The maximum absolute atomic E-state index is 10.4. The molecule has 0 saturated carbocycles. The lowest BCUT2D eigenvalue weighted by Gasteiger charge is -2.33. The minimum absolute atomic E-state index is 0.197. The second kappa shape index (κ2) is 5.57. The van der Waals surface area contributed by atoms with Crippen LogP contribution in [0.3, 0.4) is 0 Å². The zero-order chi connectivity index (χ0) is 12.4. The quantitative estimate of drug-likeness (QED) is 0.891. The molecule has 1 aromatic carbocycles. The van der Waals surface area contributed by atoms with Gasteiger partial charge in [-0.15, -0.1) is 0 Å². The lowest BCUT2D eigenvalue weighted by molar-refractivity contribution is -0.0309. The molecule has 0 bridgehead atoms. The van der Waals surface area contributed by atoms with Crippen LogP contribution in [0.4, 0.5) is 0 Å². The highest BCUT2D eigenvalue weighted by Gasteiger charge is 2.30. The van der Waals surface area contributed by atoms with Crippen LogP contribution in [0.5, 0.6) is 0 Å². The Bertz CT molecular complexity index is 395. The molecule has 1 saturated heterocycles. The van der Waals surface area contributed by atoms with Crippen molar-refractivity contribution in [3.05, 3.63) is 33.8 Å². The van der Waals surface area contributed by atoms with Crippen LogP contribution in [0, 0.1) is 11.8 Å². The average Bonchev–Trinajstić information content (AvgIpc) is 2.29. The molecule has 3 unspecified atom stereocenters. The predicted octanol–water partition coefficient (Wildman–Crippen LogP) is 3.70. The highest BCUT2D eigenvalue weighted by molar-refractivity contribution is 6.35. The van der Waals surface area contributed by atoms with Crippen molar-refractivity contribution in [2.24, 2.45) is 11.8 Å². The molecule has 1 N–H and O–H groups in total. The minimum atomic E-state index is -0.543. The summed E-state index contributed by atoms with van der Waals surface area (Å²) in [7, 11) is 0. The zero-order valence-electron chi connectivity index (χ0n) is 9.70. The summed E-state index contributed by atoms with van der Waals surface area (Å²) in [6.45, 7) is 3.50. The number of aliphatic hydroxyl groups excluding tert-OH is 1. The smallest absolute Gasteiger partial charge is 0.0836 e. The average molecular weight is 275 g/mol. The monoisotopic (exact) mass is 274 g/mol. The van der Waals surface area contributed by atoms with Gasteiger partial charge in [-0.05, 0) is 36.0 Å². The van der Waals surface area contributed by atoms with E-state index < -0.39 is 6.10 Å². The number of ether oxygens (including phenoxy) is 1. The third-order valence-corrected chi connectivity index (χ3v) is 3.96. The fourth-order valence-corrected chi connectivity index (χ4v) is 2.86. The van der Waals surface area contributed by atoms with E-state index in [0.29, 0.717) is 29.2 Å². The van der Waals surface area contributed by atoms with Crippen molar-refractivity contribution in [1.29, 1.82) is 0 Å². The second-order valence-corrected chi connectivity index (χ2v) is 5.46. The molecular weight excluding hydrogens is 259 g/mol. The largest absolute Gasteiger partial charge is 0.388 e. The summed E-state index contributed by atoms with van der Waals surface area (Å²) in [5.74, 6) is 0.535. The van der Waals surface area contributed by atoms with Crippen molar-refractivity contribution < 1.29 is 9.84 Å². The molecule has 0 aliphatic carbocycles. The van der Waals surface area contributed by atoms with Crippen molar-refractivity contribution in [3.63, 3.8) is 0 Å². The first-order valence-corrected chi connectivity index (χ1v) is 6.56. The van der Waals surface area contributed by atoms with Crippen LogP contribution in [-0.2, 0) is 4.74 Å². The molecule has 94 valence electrons. The second-order valence-electron chi connectivity index (χ2n) is 4.62. The fourth-order valence-electron chi connectivity index (χ4n) is 2.34. The topological polar surface area (TPSA) is 29.5 Å². The van der Waals surface area contributed by atoms with Crippen molar-refractivity contribution in [2.75, 3.05) is 13.2 Å². The van der Waals surface area contributed by atoms with E-state index in [2.05, 4.69) is 6.92 Å². The standard InChI is InChI=1S/C13H16Cl2O2/c1-8-7-17-5-4-10(8)13(16)11-3-2-9(14)6-12(11)15/h2-3,6,8,10,13,16H,4-5,7H2,1H3. The Kier molecular flexibility index (Phi) is 4.31. The molecular formula is C13H16Cl2O2. The third kappa shape index (κ3) is 2.94. The molecule has 0 spiro atoms. The summed E-state index contributed by atoms with van der Waals surface area (Å²) < 4.78 is 5.38. The minimum Gasteiger partial charge on any atom is -0.388 e. The van der Waals surface area contributed by atoms with Gasteiger partial charge >= 0.3 is 0 Å². The van der Waals surface area contributed by atoms with Crippen molar-refractivity contribution in [3.8, 4) is 0 Å². The summed E-state index contributed by atoms with van der Waals surface area (Å²) in [5, 5.41) is 11.5. The molecule has 0 radical (unpaired) electrons. The van der Waals surface area contributed by atoms with Gasteiger partial charge in [0.25, 0.3) is 0 Å². The van der Waals surface area contributed by atoms with E-state index in [4.69, 9.17) is 27.9 Å². The number of benzene rings is 1. The van der Waals surface area contributed by atoms with Gasteiger partial charge in [-0.25, -0.2) is 0 Å². The van der Waals surface area contributed by atoms with Gasteiger partial charge in [-0.3, -0.25) is 0 Å². The van der Waals surface area contributed by atoms with Crippen molar-refractivity contribution in [1.82, 2.24) is 0 Å². The summed E-state index contributed by atoms with van der Waals surface area (Å²) in [5.41, 5.74) is 0.759. The van der Waals surface area contributed by atoms with E-state index in [9.17, 15) is 5.11 Å². The van der Waals surface area contributed by atoms with Crippen LogP contribution in [0.2, 0.25) is 10.0 Å². The Morgan fingerprint density at radius 1 is 1.41 bits per heavy atom. The number of rotatable bonds is 2. The van der Waals surface area contributed by atoms with E-state index in [1.165, 1.54) is 0 Å². The SMILES string of the molecule is CC1COCCC1C(O)c1ccc(Cl)cc1Cl. The molecule has 2 rings (SSSR count). The van der Waals surface area contributed by atoms with Crippen LogP contribution in [0.1, 0.15) is 25.0 Å². The van der Waals surface area contributed by atoms with E-state index in [1.54, 1.807) is 18.2 Å². The first-order chi connectivity index (χ1) is 8.09. The van der Waals surface area contributed by atoms with Crippen molar-refractivity contribution >= 4 is 23.2 Å². The maximum atomic E-state index is 10.4. The molecule has 0 aromatic heterocycles.